The molecule has 0 amide bonds. The Bertz CT molecular complexity index is 734. The first-order valence-corrected chi connectivity index (χ1v) is 7.43. The molecular formula is C10H14N6O4S. The predicted octanol–water partition coefficient (Wildman–Crippen LogP) is -1.04. The van der Waals surface area contributed by atoms with Crippen LogP contribution < -0.4 is 4.72 Å². The largest absolute Gasteiger partial charge is 0.481 e. The summed E-state index contributed by atoms with van der Waals surface area (Å²) in [6.07, 6.45) is 3.77. The van der Waals surface area contributed by atoms with E-state index in [4.69, 9.17) is 5.11 Å². The summed E-state index contributed by atoms with van der Waals surface area (Å²) in [6, 6.07) is 0. The number of carboxylic acids is 1. The first-order valence-electron chi connectivity index (χ1n) is 5.95. The normalized spacial score (nSPS) is 11.7. The van der Waals surface area contributed by atoms with Crippen LogP contribution >= 0.6 is 0 Å². The Morgan fingerprint density at radius 1 is 1.48 bits per heavy atom. The second-order valence-corrected chi connectivity index (χ2v) is 6.01. The molecule has 0 bridgehead atoms. The lowest BCUT2D eigenvalue weighted by molar-refractivity contribution is -0.137. The van der Waals surface area contributed by atoms with Crippen LogP contribution in [0.3, 0.4) is 0 Å². The minimum atomic E-state index is -3.74. The van der Waals surface area contributed by atoms with E-state index in [1.54, 1.807) is 7.05 Å². The zero-order valence-electron chi connectivity index (χ0n) is 11.2. The lowest BCUT2D eigenvalue weighted by atomic mass is 10.4. The highest BCUT2D eigenvalue weighted by molar-refractivity contribution is 7.89. The van der Waals surface area contributed by atoms with E-state index in [2.05, 4.69) is 19.9 Å². The van der Waals surface area contributed by atoms with Crippen LogP contribution in [0.1, 0.15) is 12.2 Å². The van der Waals surface area contributed by atoms with Crippen LogP contribution in [0.25, 0.3) is 0 Å². The molecule has 0 atom stereocenters. The molecule has 0 fully saturated rings. The summed E-state index contributed by atoms with van der Waals surface area (Å²) in [5, 5.41) is 16.3. The fraction of sp³-hybridized carbons (Fsp3) is 0.400. The molecule has 0 aliphatic heterocycles. The van der Waals surface area contributed by atoms with Gasteiger partial charge in [0.05, 0.1) is 25.7 Å². The summed E-state index contributed by atoms with van der Waals surface area (Å²) >= 11 is 0. The smallest absolute Gasteiger partial charge is 0.305 e. The molecule has 21 heavy (non-hydrogen) atoms. The van der Waals surface area contributed by atoms with Crippen LogP contribution in [0.4, 0.5) is 0 Å². The number of aliphatic carboxylic acids is 1. The third kappa shape index (κ3) is 4.10. The van der Waals surface area contributed by atoms with Crippen LogP contribution in [0.5, 0.6) is 0 Å². The standard InChI is InChI=1S/C10H14N6O4S/c1-15-7-11-9(14-15)5-13-21(19,20)8-4-12-16(6-8)3-2-10(17)18/h4,6-7,13H,2-3,5H2,1H3,(H,17,18). The summed E-state index contributed by atoms with van der Waals surface area (Å²) in [5.41, 5.74) is 0. The fourth-order valence-electron chi connectivity index (χ4n) is 1.52. The number of nitrogens with zero attached hydrogens (tertiary/aromatic N) is 5. The van der Waals surface area contributed by atoms with Gasteiger partial charge in [0.2, 0.25) is 10.0 Å². The molecule has 2 rings (SSSR count). The highest BCUT2D eigenvalue weighted by Crippen LogP contribution is 2.07. The number of hydrogen-bond donors (Lipinski definition) is 2. The van der Waals surface area contributed by atoms with Gasteiger partial charge in [-0.2, -0.15) is 10.2 Å². The Morgan fingerprint density at radius 3 is 2.86 bits per heavy atom. The Kier molecular flexibility index (Phi) is 4.33. The number of sulfonamides is 1. The number of aromatic nitrogens is 5. The SMILES string of the molecule is Cn1cnc(CNS(=O)(=O)c2cnn(CCC(=O)O)c2)n1. The Hall–Kier alpha value is -2.27. The van der Waals surface area contributed by atoms with Crippen molar-refractivity contribution in [3.63, 3.8) is 0 Å². The van der Waals surface area contributed by atoms with Crippen LogP contribution in [0.15, 0.2) is 23.6 Å². The molecule has 11 heteroatoms. The van der Waals surface area contributed by atoms with Gasteiger partial charge < -0.3 is 5.11 Å². The molecule has 0 unspecified atom stereocenters. The van der Waals surface area contributed by atoms with Gasteiger partial charge in [-0.1, -0.05) is 0 Å². The van der Waals surface area contributed by atoms with Gasteiger partial charge in [-0.15, -0.1) is 0 Å². The molecule has 2 N–H and O–H groups in total. The third-order valence-corrected chi connectivity index (χ3v) is 3.90. The molecule has 0 radical (unpaired) electrons. The quantitative estimate of drug-likeness (QED) is 0.667. The molecule has 10 nitrogen and oxygen atoms in total. The van der Waals surface area contributed by atoms with Crippen molar-refractivity contribution in [3.8, 4) is 0 Å². The first-order chi connectivity index (χ1) is 9.87. The van der Waals surface area contributed by atoms with Gasteiger partial charge in [0.15, 0.2) is 5.82 Å². The molecule has 2 aromatic rings. The van der Waals surface area contributed by atoms with E-state index in [9.17, 15) is 13.2 Å². The maximum atomic E-state index is 12.0. The molecular weight excluding hydrogens is 300 g/mol. The fourth-order valence-corrected chi connectivity index (χ4v) is 2.46. The summed E-state index contributed by atoms with van der Waals surface area (Å²) in [7, 11) is -2.06. The number of hydrogen-bond acceptors (Lipinski definition) is 6. The van der Waals surface area contributed by atoms with Gasteiger partial charge in [-0.3, -0.25) is 14.2 Å². The van der Waals surface area contributed by atoms with Crippen LogP contribution in [0.2, 0.25) is 0 Å². The number of nitrogens with one attached hydrogen (secondary N) is 1. The van der Waals surface area contributed by atoms with E-state index < -0.39 is 16.0 Å². The minimum Gasteiger partial charge on any atom is -0.481 e. The number of rotatable bonds is 7. The van der Waals surface area contributed by atoms with E-state index in [-0.39, 0.29) is 24.4 Å². The average molecular weight is 314 g/mol. The molecule has 0 saturated carbocycles. The van der Waals surface area contributed by atoms with Crippen LogP contribution in [-0.4, -0.2) is 44.0 Å². The van der Waals surface area contributed by atoms with Crippen molar-refractivity contribution < 1.29 is 18.3 Å². The second kappa shape index (κ2) is 6.01. The van der Waals surface area contributed by atoms with Crippen molar-refractivity contribution in [1.82, 2.24) is 29.3 Å². The van der Waals surface area contributed by atoms with Crippen molar-refractivity contribution in [2.75, 3.05) is 0 Å². The Balaban J connectivity index is 2.00. The topological polar surface area (TPSA) is 132 Å². The van der Waals surface area contributed by atoms with Crippen molar-refractivity contribution in [2.45, 2.75) is 24.4 Å². The molecule has 0 saturated heterocycles. The Labute approximate surface area is 120 Å². The molecule has 2 aromatic heterocycles. The Morgan fingerprint density at radius 2 is 2.24 bits per heavy atom. The van der Waals surface area contributed by atoms with E-state index in [1.807, 2.05) is 0 Å². The second-order valence-electron chi connectivity index (χ2n) is 4.24. The van der Waals surface area contributed by atoms with Crippen molar-refractivity contribution >= 4 is 16.0 Å². The monoisotopic (exact) mass is 314 g/mol. The summed E-state index contributed by atoms with van der Waals surface area (Å²) in [5.74, 6) is -0.631. The number of aryl methyl sites for hydroxylation is 2. The molecule has 114 valence electrons. The molecule has 0 aromatic carbocycles. The van der Waals surface area contributed by atoms with E-state index in [1.165, 1.54) is 21.9 Å². The lowest BCUT2D eigenvalue weighted by Crippen LogP contribution is -2.23. The van der Waals surface area contributed by atoms with Gasteiger partial charge in [0.1, 0.15) is 11.2 Å². The number of carboxylic acid groups (broad SMARTS) is 1. The predicted molar refractivity (Wildman–Crippen MR) is 69.5 cm³/mol. The maximum absolute atomic E-state index is 12.0. The minimum absolute atomic E-state index is 0.0381. The molecule has 0 aliphatic rings. The highest BCUT2D eigenvalue weighted by Gasteiger charge is 2.17. The number of carbonyl (C=O) groups is 1. The van der Waals surface area contributed by atoms with E-state index in [0.717, 1.165) is 6.20 Å². The lowest BCUT2D eigenvalue weighted by Gasteiger charge is -2.01. The van der Waals surface area contributed by atoms with Crippen molar-refractivity contribution in [3.05, 3.63) is 24.5 Å². The van der Waals surface area contributed by atoms with Crippen molar-refractivity contribution in [2.24, 2.45) is 7.05 Å². The summed E-state index contributed by atoms with van der Waals surface area (Å²) in [4.78, 5) is 14.3. The van der Waals surface area contributed by atoms with E-state index in [0.29, 0.717) is 5.82 Å². The van der Waals surface area contributed by atoms with Gasteiger partial charge in [0, 0.05) is 13.2 Å². The van der Waals surface area contributed by atoms with Gasteiger partial charge in [-0.05, 0) is 0 Å². The van der Waals surface area contributed by atoms with E-state index >= 15 is 0 Å². The maximum Gasteiger partial charge on any atom is 0.305 e. The molecule has 0 aliphatic carbocycles. The summed E-state index contributed by atoms with van der Waals surface area (Å²) < 4.78 is 29.1. The third-order valence-electron chi connectivity index (χ3n) is 2.54. The highest BCUT2D eigenvalue weighted by atomic mass is 32.2. The average Bonchev–Trinajstić information content (AvgIpc) is 3.03. The zero-order valence-corrected chi connectivity index (χ0v) is 12.0. The molecule has 2 heterocycles. The van der Waals surface area contributed by atoms with Crippen LogP contribution in [0, 0.1) is 0 Å². The van der Waals surface area contributed by atoms with Gasteiger partial charge >= 0.3 is 5.97 Å². The van der Waals surface area contributed by atoms with Gasteiger partial charge in [0.25, 0.3) is 0 Å². The zero-order chi connectivity index (χ0) is 15.5. The summed E-state index contributed by atoms with van der Waals surface area (Å²) in [6.45, 7) is 0.0656. The molecule has 0 spiro atoms. The van der Waals surface area contributed by atoms with Crippen molar-refractivity contribution in [1.29, 1.82) is 0 Å². The van der Waals surface area contributed by atoms with Gasteiger partial charge in [-0.25, -0.2) is 18.1 Å². The van der Waals surface area contributed by atoms with Crippen LogP contribution in [-0.2, 0) is 35.0 Å². The first kappa shape index (κ1) is 15.1.